The summed E-state index contributed by atoms with van der Waals surface area (Å²) < 4.78 is 0. The molecule has 1 heterocycles. The van der Waals surface area contributed by atoms with Gasteiger partial charge in [-0.25, -0.2) is 0 Å². The number of hydrogen-bond donors (Lipinski definition) is 2. The molecule has 1 aromatic rings. The molecule has 1 aliphatic rings. The zero-order chi connectivity index (χ0) is 14.4. The van der Waals surface area contributed by atoms with Crippen LogP contribution < -0.4 is 5.32 Å². The Labute approximate surface area is 125 Å². The second kappa shape index (κ2) is 7.79. The second-order valence-corrected chi connectivity index (χ2v) is 6.58. The number of thiophene rings is 1. The number of aliphatic hydroxyl groups excluding tert-OH is 1. The fraction of sp³-hybridized carbons (Fsp3) is 0.688. The van der Waals surface area contributed by atoms with Crippen LogP contribution in [0.4, 0.5) is 0 Å². The summed E-state index contributed by atoms with van der Waals surface area (Å²) in [5.41, 5.74) is 1.08. The van der Waals surface area contributed by atoms with Crippen molar-refractivity contribution in [3.05, 3.63) is 22.4 Å². The van der Waals surface area contributed by atoms with Gasteiger partial charge in [-0.15, -0.1) is 0 Å². The third-order valence-corrected chi connectivity index (χ3v) is 5.12. The molecule has 2 atom stereocenters. The Balaban J connectivity index is 1.94. The average Bonchev–Trinajstić information content (AvgIpc) is 3.01. The molecule has 0 radical (unpaired) electrons. The highest BCUT2D eigenvalue weighted by Gasteiger charge is 2.26. The smallest absolute Gasteiger partial charge is 0.227 e. The Morgan fingerprint density at radius 1 is 1.45 bits per heavy atom. The molecule has 2 unspecified atom stereocenters. The largest absolute Gasteiger partial charge is 0.396 e. The van der Waals surface area contributed by atoms with Crippen molar-refractivity contribution in [1.82, 2.24) is 5.32 Å². The first-order valence-corrected chi connectivity index (χ1v) is 8.60. The summed E-state index contributed by atoms with van der Waals surface area (Å²) in [6.07, 6.45) is 6.84. The lowest BCUT2D eigenvalue weighted by molar-refractivity contribution is -0.123. The Hall–Kier alpha value is -0.870. The summed E-state index contributed by atoms with van der Waals surface area (Å²) >= 11 is 1.62. The van der Waals surface area contributed by atoms with E-state index >= 15 is 0 Å². The van der Waals surface area contributed by atoms with Crippen LogP contribution in [0.2, 0.25) is 0 Å². The van der Waals surface area contributed by atoms with E-state index in [9.17, 15) is 9.90 Å². The monoisotopic (exact) mass is 295 g/mol. The van der Waals surface area contributed by atoms with Crippen LogP contribution in [0.1, 0.15) is 56.9 Å². The fourth-order valence-corrected chi connectivity index (χ4v) is 3.84. The maximum atomic E-state index is 12.4. The number of hydrogen-bond acceptors (Lipinski definition) is 3. The van der Waals surface area contributed by atoms with E-state index in [1.807, 2.05) is 23.8 Å². The van der Waals surface area contributed by atoms with Crippen molar-refractivity contribution >= 4 is 17.2 Å². The Morgan fingerprint density at radius 2 is 2.20 bits per heavy atom. The highest BCUT2D eigenvalue weighted by molar-refractivity contribution is 7.08. The van der Waals surface area contributed by atoms with Gasteiger partial charge in [-0.2, -0.15) is 11.3 Å². The molecule has 1 aliphatic carbocycles. The number of aliphatic hydroxyl groups is 1. The predicted molar refractivity (Wildman–Crippen MR) is 82.9 cm³/mol. The highest BCUT2D eigenvalue weighted by Crippen LogP contribution is 2.28. The molecule has 1 saturated carbocycles. The van der Waals surface area contributed by atoms with Crippen molar-refractivity contribution < 1.29 is 9.90 Å². The summed E-state index contributed by atoms with van der Waals surface area (Å²) in [7, 11) is 0. The lowest BCUT2D eigenvalue weighted by atomic mass is 9.82. The summed E-state index contributed by atoms with van der Waals surface area (Å²) in [6, 6.07) is 2.14. The molecule has 1 fully saturated rings. The molecule has 1 amide bonds. The van der Waals surface area contributed by atoms with Crippen LogP contribution in [-0.2, 0) is 4.79 Å². The summed E-state index contributed by atoms with van der Waals surface area (Å²) in [5.74, 6) is 0.521. The van der Waals surface area contributed by atoms with Crippen LogP contribution in [0.5, 0.6) is 0 Å². The molecular weight excluding hydrogens is 270 g/mol. The molecule has 0 saturated heterocycles. The van der Waals surface area contributed by atoms with Crippen LogP contribution in [0.15, 0.2) is 16.8 Å². The number of rotatable bonds is 6. The maximum absolute atomic E-state index is 12.4. The van der Waals surface area contributed by atoms with Gasteiger partial charge in [0.1, 0.15) is 0 Å². The van der Waals surface area contributed by atoms with Crippen LogP contribution in [0.3, 0.4) is 0 Å². The molecule has 20 heavy (non-hydrogen) atoms. The van der Waals surface area contributed by atoms with Gasteiger partial charge in [0.15, 0.2) is 0 Å². The van der Waals surface area contributed by atoms with E-state index < -0.39 is 0 Å². The molecular formula is C16H25NO2S. The molecule has 0 aliphatic heterocycles. The molecule has 0 bridgehead atoms. The van der Waals surface area contributed by atoms with E-state index in [1.54, 1.807) is 11.3 Å². The van der Waals surface area contributed by atoms with E-state index in [0.29, 0.717) is 12.3 Å². The van der Waals surface area contributed by atoms with E-state index in [2.05, 4.69) is 5.32 Å². The molecule has 0 spiro atoms. The normalized spacial score (nSPS) is 19.5. The van der Waals surface area contributed by atoms with Crippen molar-refractivity contribution in [1.29, 1.82) is 0 Å². The van der Waals surface area contributed by atoms with Gasteiger partial charge >= 0.3 is 0 Å². The molecule has 112 valence electrons. The summed E-state index contributed by atoms with van der Waals surface area (Å²) in [4.78, 5) is 12.4. The first kappa shape index (κ1) is 15.5. The van der Waals surface area contributed by atoms with Gasteiger partial charge in [-0.1, -0.05) is 19.3 Å². The number of amides is 1. The van der Waals surface area contributed by atoms with Crippen LogP contribution >= 0.6 is 11.3 Å². The third-order valence-electron chi connectivity index (χ3n) is 4.42. The minimum Gasteiger partial charge on any atom is -0.396 e. The van der Waals surface area contributed by atoms with Crippen LogP contribution in [-0.4, -0.2) is 23.7 Å². The minimum absolute atomic E-state index is 0.0902. The number of carbonyl (C=O) groups is 1. The van der Waals surface area contributed by atoms with Crippen molar-refractivity contribution in [2.75, 3.05) is 6.61 Å². The average molecular weight is 295 g/mol. The number of carbonyl (C=O) groups excluding carboxylic acids is 1. The quantitative estimate of drug-likeness (QED) is 0.846. The number of nitrogens with one attached hydrogen (secondary N) is 1. The topological polar surface area (TPSA) is 49.3 Å². The van der Waals surface area contributed by atoms with E-state index in [1.165, 1.54) is 32.1 Å². The first-order chi connectivity index (χ1) is 9.72. The van der Waals surface area contributed by atoms with Crippen molar-refractivity contribution in [2.24, 2.45) is 5.92 Å². The standard InChI is InChI=1S/C16H25NO2S/c1-12(14-8-10-20-11-14)16(19)17-15(7-9-18)13-5-3-2-4-6-13/h8,10-13,15,18H,2-7,9H2,1H3,(H,17,19). The van der Waals surface area contributed by atoms with Gasteiger partial charge < -0.3 is 10.4 Å². The first-order valence-electron chi connectivity index (χ1n) is 7.65. The maximum Gasteiger partial charge on any atom is 0.227 e. The van der Waals surface area contributed by atoms with E-state index in [0.717, 1.165) is 5.56 Å². The summed E-state index contributed by atoms with van der Waals surface area (Å²) in [5, 5.41) is 16.5. The summed E-state index contributed by atoms with van der Waals surface area (Å²) in [6.45, 7) is 2.10. The van der Waals surface area contributed by atoms with Crippen molar-refractivity contribution in [3.63, 3.8) is 0 Å². The van der Waals surface area contributed by atoms with Gasteiger partial charge in [0.25, 0.3) is 0 Å². The lowest BCUT2D eigenvalue weighted by Crippen LogP contribution is -2.43. The second-order valence-electron chi connectivity index (χ2n) is 5.80. The Kier molecular flexibility index (Phi) is 6.05. The van der Waals surface area contributed by atoms with E-state index in [-0.39, 0.29) is 24.5 Å². The SMILES string of the molecule is CC(C(=O)NC(CCO)C1CCCCC1)c1ccsc1. The van der Waals surface area contributed by atoms with Gasteiger partial charge in [0.05, 0.1) is 5.92 Å². The van der Waals surface area contributed by atoms with E-state index in [4.69, 9.17) is 0 Å². The Morgan fingerprint density at radius 3 is 2.80 bits per heavy atom. The lowest BCUT2D eigenvalue weighted by Gasteiger charge is -2.31. The molecule has 1 aromatic heterocycles. The van der Waals surface area contributed by atoms with Gasteiger partial charge in [0.2, 0.25) is 5.91 Å². The highest BCUT2D eigenvalue weighted by atomic mass is 32.1. The van der Waals surface area contributed by atoms with Gasteiger partial charge in [0, 0.05) is 12.6 Å². The minimum atomic E-state index is -0.106. The zero-order valence-electron chi connectivity index (χ0n) is 12.2. The molecule has 4 heteroatoms. The van der Waals surface area contributed by atoms with Crippen molar-refractivity contribution in [3.8, 4) is 0 Å². The zero-order valence-corrected chi connectivity index (χ0v) is 13.0. The third kappa shape index (κ3) is 4.06. The molecule has 0 aromatic carbocycles. The molecule has 2 N–H and O–H groups in total. The van der Waals surface area contributed by atoms with Gasteiger partial charge in [-0.3, -0.25) is 4.79 Å². The Bertz CT molecular complexity index is 399. The predicted octanol–water partition coefficient (Wildman–Crippen LogP) is 3.30. The van der Waals surface area contributed by atoms with Crippen LogP contribution in [0, 0.1) is 5.92 Å². The molecule has 3 nitrogen and oxygen atoms in total. The van der Waals surface area contributed by atoms with Gasteiger partial charge in [-0.05, 0) is 54.5 Å². The molecule has 2 rings (SSSR count). The van der Waals surface area contributed by atoms with Crippen LogP contribution in [0.25, 0.3) is 0 Å². The fourth-order valence-electron chi connectivity index (χ4n) is 3.08. The van der Waals surface area contributed by atoms with Crippen molar-refractivity contribution in [2.45, 2.75) is 57.4 Å².